The van der Waals surface area contributed by atoms with Gasteiger partial charge in [0.1, 0.15) is 22.3 Å². The second kappa shape index (κ2) is 10.1. The maximum atomic E-state index is 6.55. The molecular weight excluding hydrogens is 665 g/mol. The molecule has 0 radical (unpaired) electrons. The Morgan fingerprint density at radius 2 is 1.11 bits per heavy atom. The van der Waals surface area contributed by atoms with Crippen LogP contribution in [0.3, 0.4) is 0 Å². The third-order valence-corrected chi connectivity index (χ3v) is 12.8. The van der Waals surface area contributed by atoms with Crippen LogP contribution < -0.4 is 21.3 Å². The molecule has 0 fully saturated rings. The third-order valence-electron chi connectivity index (χ3n) is 11.7. The Morgan fingerprint density at radius 3 is 1.98 bits per heavy atom. The van der Waals surface area contributed by atoms with Crippen LogP contribution >= 0.6 is 11.3 Å². The number of fused-ring (bicyclic) bond motifs is 14. The third kappa shape index (κ3) is 3.74. The van der Waals surface area contributed by atoms with Gasteiger partial charge >= 0.3 is 0 Å². The minimum Gasteiger partial charge on any atom is -0.456 e. The van der Waals surface area contributed by atoms with Crippen LogP contribution in [0, 0.1) is 0 Å². The molecule has 244 valence electrons. The van der Waals surface area contributed by atoms with Crippen LogP contribution in [0.15, 0.2) is 167 Å². The van der Waals surface area contributed by atoms with Gasteiger partial charge in [0.2, 0.25) is 6.71 Å². The minimum absolute atomic E-state index is 0.0795. The molecule has 0 bridgehead atoms. The fourth-order valence-corrected chi connectivity index (χ4v) is 10.4. The van der Waals surface area contributed by atoms with Crippen molar-refractivity contribution < 1.29 is 8.83 Å². The molecule has 8 aromatic carbocycles. The highest BCUT2D eigenvalue weighted by Crippen LogP contribution is 2.46. The van der Waals surface area contributed by atoms with E-state index < -0.39 is 0 Å². The van der Waals surface area contributed by atoms with Crippen molar-refractivity contribution in [1.29, 1.82) is 0 Å². The molecule has 53 heavy (non-hydrogen) atoms. The van der Waals surface area contributed by atoms with E-state index in [2.05, 4.69) is 157 Å². The lowest BCUT2D eigenvalue weighted by molar-refractivity contribution is 0.669. The summed E-state index contributed by atoms with van der Waals surface area (Å²) in [5, 5.41) is 7.12. The number of hydrogen-bond donors (Lipinski definition) is 0. The van der Waals surface area contributed by atoms with Gasteiger partial charge in [0.25, 0.3) is 0 Å². The van der Waals surface area contributed by atoms with E-state index in [0.29, 0.717) is 0 Å². The molecule has 0 amide bonds. The fraction of sp³-hybridized carbons (Fsp3) is 0. The van der Waals surface area contributed by atoms with Gasteiger partial charge in [0.05, 0.1) is 0 Å². The highest BCUT2D eigenvalue weighted by molar-refractivity contribution is 7.25. The van der Waals surface area contributed by atoms with Gasteiger partial charge in [-0.1, -0.05) is 90.4 Å². The first-order valence-electron chi connectivity index (χ1n) is 18.1. The molecule has 3 nitrogen and oxygen atoms in total. The predicted octanol–water partition coefficient (Wildman–Crippen LogP) is 11.8. The van der Waals surface area contributed by atoms with Gasteiger partial charge < -0.3 is 13.7 Å². The summed E-state index contributed by atoms with van der Waals surface area (Å²) < 4.78 is 15.5. The first kappa shape index (κ1) is 28.1. The fourth-order valence-electron chi connectivity index (χ4n) is 9.36. The Bertz CT molecular complexity index is 3390. The molecule has 0 saturated carbocycles. The molecule has 0 spiro atoms. The van der Waals surface area contributed by atoms with Gasteiger partial charge in [0, 0.05) is 58.8 Å². The van der Waals surface area contributed by atoms with Gasteiger partial charge in [-0.2, -0.15) is 0 Å². The quantitative estimate of drug-likeness (QED) is 0.169. The molecule has 0 N–H and O–H groups in total. The molecule has 5 heteroatoms. The van der Waals surface area contributed by atoms with Gasteiger partial charge in [-0.15, -0.1) is 11.3 Å². The summed E-state index contributed by atoms with van der Waals surface area (Å²) in [5.74, 6) is 0. The number of benzene rings is 8. The van der Waals surface area contributed by atoms with Crippen LogP contribution in [-0.4, -0.2) is 6.71 Å². The van der Waals surface area contributed by atoms with Crippen LogP contribution in [0.2, 0.25) is 0 Å². The molecule has 0 atom stereocenters. The number of furan rings is 2. The normalized spacial score (nSPS) is 13.2. The lowest BCUT2D eigenvalue weighted by Gasteiger charge is -2.36. The largest absolute Gasteiger partial charge is 0.456 e. The zero-order valence-corrected chi connectivity index (χ0v) is 29.1. The number of rotatable bonds is 2. The topological polar surface area (TPSA) is 29.5 Å². The van der Waals surface area contributed by atoms with Gasteiger partial charge in [-0.3, -0.25) is 0 Å². The van der Waals surface area contributed by atoms with Crippen LogP contribution in [0.5, 0.6) is 0 Å². The van der Waals surface area contributed by atoms with E-state index in [1.54, 1.807) is 0 Å². The van der Waals surface area contributed by atoms with Crippen molar-refractivity contribution in [3.63, 3.8) is 0 Å². The summed E-state index contributed by atoms with van der Waals surface area (Å²) >= 11 is 1.86. The molecule has 0 saturated heterocycles. The Hall–Kier alpha value is -6.56. The number of thiophene rings is 1. The molecule has 3 aromatic heterocycles. The number of para-hydroxylation sites is 2. The summed E-state index contributed by atoms with van der Waals surface area (Å²) in [4.78, 5) is 2.50. The van der Waals surface area contributed by atoms with Gasteiger partial charge in [-0.25, -0.2) is 0 Å². The van der Waals surface area contributed by atoms with Crippen molar-refractivity contribution >= 4 is 116 Å². The van der Waals surface area contributed by atoms with Crippen LogP contribution in [0.25, 0.3) is 86.3 Å². The highest BCUT2D eigenvalue weighted by atomic mass is 32.1. The molecule has 0 aliphatic carbocycles. The molecule has 13 rings (SSSR count). The lowest BCUT2D eigenvalue weighted by atomic mass is 9.37. The Balaban J connectivity index is 1.14. The Morgan fingerprint density at radius 1 is 0.415 bits per heavy atom. The number of nitrogens with zero attached hydrogens (tertiary/aromatic N) is 1. The van der Waals surface area contributed by atoms with E-state index in [4.69, 9.17) is 8.83 Å². The molecule has 11 aromatic rings. The van der Waals surface area contributed by atoms with Crippen molar-refractivity contribution in [2.75, 3.05) is 4.90 Å². The Kier molecular flexibility index (Phi) is 5.33. The van der Waals surface area contributed by atoms with Crippen molar-refractivity contribution in [1.82, 2.24) is 0 Å². The summed E-state index contributed by atoms with van der Waals surface area (Å²) in [6.07, 6.45) is 0. The van der Waals surface area contributed by atoms with Crippen LogP contribution in [0.1, 0.15) is 0 Å². The molecule has 5 heterocycles. The summed E-state index contributed by atoms with van der Waals surface area (Å²) in [5.41, 5.74) is 16.1. The number of anilines is 3. The van der Waals surface area contributed by atoms with E-state index in [1.807, 2.05) is 17.4 Å². The van der Waals surface area contributed by atoms with Crippen molar-refractivity contribution in [3.8, 4) is 22.3 Å². The minimum atomic E-state index is 0.0795. The number of hydrogen-bond acceptors (Lipinski definition) is 4. The highest BCUT2D eigenvalue weighted by Gasteiger charge is 2.43. The first-order valence-corrected chi connectivity index (χ1v) is 18.9. The smallest absolute Gasteiger partial charge is 0.248 e. The SMILES string of the molecule is c1ccc2c(c1)B1c3cc4oc5ccccc5c4cc3N(c3ccc4oc5ccccc5c4c3)c3cc(-c4ccc5sc6ccccc6c5c4)cc-2c31. The predicted molar refractivity (Wildman–Crippen MR) is 224 cm³/mol. The molecular formula is C48H26BNO2S. The average molecular weight is 692 g/mol. The van der Waals surface area contributed by atoms with Gasteiger partial charge in [0.15, 0.2) is 0 Å². The maximum absolute atomic E-state index is 6.55. The average Bonchev–Trinajstić information content (AvgIpc) is 3.96. The summed E-state index contributed by atoms with van der Waals surface area (Å²) in [6, 6.07) is 57.7. The zero-order valence-electron chi connectivity index (χ0n) is 28.3. The van der Waals surface area contributed by atoms with E-state index >= 15 is 0 Å². The molecule has 2 aliphatic heterocycles. The second-order valence-corrected chi connectivity index (χ2v) is 15.5. The summed E-state index contributed by atoms with van der Waals surface area (Å²) in [7, 11) is 0. The van der Waals surface area contributed by atoms with E-state index in [-0.39, 0.29) is 6.71 Å². The van der Waals surface area contributed by atoms with E-state index in [0.717, 1.165) is 49.6 Å². The zero-order chi connectivity index (χ0) is 34.4. The van der Waals surface area contributed by atoms with Crippen molar-refractivity contribution in [2.45, 2.75) is 0 Å². The van der Waals surface area contributed by atoms with Gasteiger partial charge in [-0.05, 0) is 106 Å². The van der Waals surface area contributed by atoms with Crippen molar-refractivity contribution in [3.05, 3.63) is 158 Å². The lowest BCUT2D eigenvalue weighted by Crippen LogP contribution is -2.54. The Labute approximate surface area is 308 Å². The van der Waals surface area contributed by atoms with E-state index in [1.165, 1.54) is 70.2 Å². The molecule has 2 aliphatic rings. The van der Waals surface area contributed by atoms with E-state index in [9.17, 15) is 0 Å². The first-order chi connectivity index (χ1) is 26.2. The molecule has 0 unspecified atom stereocenters. The standard InChI is InChI=1S/C48H26BNO2S/c1-5-13-38-30(9-1)37-22-28(27-17-20-47-36(21-27)33-12-4-8-16-46(33)53-47)23-41-48(37)49(38)39-26-45-35(32-11-3-7-15-43(32)52-45)25-40(39)50(41)29-18-19-44-34(24-29)31-10-2-6-14-42(31)51-44/h1-26H. The second-order valence-electron chi connectivity index (χ2n) is 14.4. The monoisotopic (exact) mass is 691 g/mol. The van der Waals surface area contributed by atoms with Crippen LogP contribution in [0.4, 0.5) is 17.1 Å². The summed E-state index contributed by atoms with van der Waals surface area (Å²) in [6.45, 7) is 0.0795. The maximum Gasteiger partial charge on any atom is 0.248 e. The van der Waals surface area contributed by atoms with Crippen molar-refractivity contribution in [2.24, 2.45) is 0 Å². The van der Waals surface area contributed by atoms with Crippen LogP contribution in [-0.2, 0) is 0 Å².